The van der Waals surface area contributed by atoms with Crippen LogP contribution >= 0.6 is 0 Å². The van der Waals surface area contributed by atoms with E-state index in [9.17, 15) is 4.39 Å². The molecule has 1 N–H and O–H groups in total. The molecule has 0 unspecified atom stereocenters. The van der Waals surface area contributed by atoms with Gasteiger partial charge in [0, 0.05) is 24.0 Å². The van der Waals surface area contributed by atoms with Crippen molar-refractivity contribution in [2.24, 2.45) is 0 Å². The number of pyridine rings is 1. The summed E-state index contributed by atoms with van der Waals surface area (Å²) in [4.78, 5) is 6.83. The molecule has 0 aliphatic heterocycles. The first-order valence-corrected chi connectivity index (χ1v) is 10.6. The molecule has 0 radical (unpaired) electrons. The van der Waals surface area contributed by atoms with E-state index in [1.807, 2.05) is 23.6 Å². The highest BCUT2D eigenvalue weighted by molar-refractivity contribution is 5.95. The number of rotatable bonds is 7. The van der Waals surface area contributed by atoms with Crippen LogP contribution in [0.4, 0.5) is 10.3 Å². The quantitative estimate of drug-likeness (QED) is 0.440. The summed E-state index contributed by atoms with van der Waals surface area (Å²) >= 11 is 0. The predicted octanol–water partition coefficient (Wildman–Crippen LogP) is 4.21. The molecule has 2 aromatic carbocycles. The number of aryl methyl sites for hydroxylation is 1. The second-order valence-electron chi connectivity index (χ2n) is 7.40. The molecule has 2 heterocycles. The first-order chi connectivity index (χ1) is 15.5. The van der Waals surface area contributed by atoms with Gasteiger partial charge in [-0.15, -0.1) is 5.10 Å². The van der Waals surface area contributed by atoms with Crippen LogP contribution in [0.25, 0.3) is 28.0 Å². The van der Waals surface area contributed by atoms with E-state index in [-0.39, 0.29) is 5.82 Å². The third-order valence-electron chi connectivity index (χ3n) is 5.59. The SMILES string of the molecule is CCN(CC)c1n[nH]c(-[n+]2c(C)cc3cc(OC)c(OC)cc3c2-c2ccc(F)cc2)n1. The summed E-state index contributed by atoms with van der Waals surface area (Å²) in [6.45, 7) is 7.74. The van der Waals surface area contributed by atoms with Crippen molar-refractivity contribution in [2.75, 3.05) is 32.2 Å². The Hall–Kier alpha value is -3.68. The number of fused-ring (bicyclic) bond motifs is 1. The molecule has 0 aliphatic rings. The van der Waals surface area contributed by atoms with Crippen LogP contribution in [-0.4, -0.2) is 42.5 Å². The monoisotopic (exact) mass is 436 g/mol. The Morgan fingerprint density at radius 2 is 1.66 bits per heavy atom. The zero-order valence-corrected chi connectivity index (χ0v) is 18.9. The lowest BCUT2D eigenvalue weighted by molar-refractivity contribution is -0.597. The smallest absolute Gasteiger partial charge is 0.424 e. The summed E-state index contributed by atoms with van der Waals surface area (Å²) in [5, 5.41) is 9.40. The predicted molar refractivity (Wildman–Crippen MR) is 122 cm³/mol. The van der Waals surface area contributed by atoms with Gasteiger partial charge in [-0.1, -0.05) is 5.10 Å². The highest BCUT2D eigenvalue weighted by Gasteiger charge is 2.26. The number of hydrogen-bond acceptors (Lipinski definition) is 5. The topological polar surface area (TPSA) is 67.2 Å². The number of ether oxygens (including phenoxy) is 2. The van der Waals surface area contributed by atoms with Crippen LogP contribution in [0.15, 0.2) is 42.5 Å². The molecule has 0 atom stereocenters. The largest absolute Gasteiger partial charge is 0.493 e. The Kier molecular flexibility index (Phi) is 5.94. The second-order valence-corrected chi connectivity index (χ2v) is 7.40. The number of nitrogens with one attached hydrogen (secondary N) is 1. The molecule has 8 heteroatoms. The third kappa shape index (κ3) is 3.72. The number of anilines is 1. The second kappa shape index (κ2) is 8.82. The molecule has 4 rings (SSSR count). The number of aromatic amines is 1. The lowest BCUT2D eigenvalue weighted by atomic mass is 10.0. The van der Waals surface area contributed by atoms with E-state index in [1.165, 1.54) is 12.1 Å². The van der Waals surface area contributed by atoms with Crippen LogP contribution in [0.5, 0.6) is 11.5 Å². The fraction of sp³-hybridized carbons (Fsp3) is 0.292. The molecule has 7 nitrogen and oxygen atoms in total. The molecule has 4 aromatic rings. The zero-order chi connectivity index (χ0) is 22.8. The maximum absolute atomic E-state index is 13.7. The van der Waals surface area contributed by atoms with Crippen molar-refractivity contribution in [1.82, 2.24) is 15.2 Å². The summed E-state index contributed by atoms with van der Waals surface area (Å²) < 4.78 is 26.8. The Bertz CT molecular complexity index is 1250. The van der Waals surface area contributed by atoms with Crippen molar-refractivity contribution in [1.29, 1.82) is 0 Å². The summed E-state index contributed by atoms with van der Waals surface area (Å²) in [7, 11) is 3.22. The normalized spacial score (nSPS) is 11.1. The maximum Gasteiger partial charge on any atom is 0.424 e. The van der Waals surface area contributed by atoms with E-state index >= 15 is 0 Å². The highest BCUT2D eigenvalue weighted by atomic mass is 19.1. The number of benzene rings is 2. The molecule has 2 aromatic heterocycles. The Labute approximate surface area is 186 Å². The fourth-order valence-corrected chi connectivity index (χ4v) is 3.96. The Balaban J connectivity index is 2.05. The zero-order valence-electron chi connectivity index (χ0n) is 18.9. The molecule has 0 amide bonds. The summed E-state index contributed by atoms with van der Waals surface area (Å²) in [5.41, 5.74) is 2.63. The molecular weight excluding hydrogens is 409 g/mol. The summed E-state index contributed by atoms with van der Waals surface area (Å²) in [6, 6.07) is 12.4. The third-order valence-corrected chi connectivity index (χ3v) is 5.59. The highest BCUT2D eigenvalue weighted by Crippen LogP contribution is 2.36. The average molecular weight is 437 g/mol. The minimum atomic E-state index is -0.292. The molecule has 0 saturated carbocycles. The van der Waals surface area contributed by atoms with Crippen LogP contribution in [0.3, 0.4) is 0 Å². The van der Waals surface area contributed by atoms with E-state index in [2.05, 4.69) is 35.0 Å². The van der Waals surface area contributed by atoms with Gasteiger partial charge in [0.05, 0.1) is 19.9 Å². The van der Waals surface area contributed by atoms with Gasteiger partial charge in [0.25, 0.3) is 0 Å². The Morgan fingerprint density at radius 1 is 1.00 bits per heavy atom. The van der Waals surface area contributed by atoms with Crippen LogP contribution in [-0.2, 0) is 0 Å². The number of halogens is 1. The van der Waals surface area contributed by atoms with Gasteiger partial charge in [0.15, 0.2) is 11.5 Å². The lowest BCUT2D eigenvalue weighted by Gasteiger charge is -2.16. The van der Waals surface area contributed by atoms with Crippen LogP contribution in [0.1, 0.15) is 19.5 Å². The molecule has 0 fully saturated rings. The van der Waals surface area contributed by atoms with E-state index in [4.69, 9.17) is 14.5 Å². The molecule has 0 saturated heterocycles. The van der Waals surface area contributed by atoms with Crippen molar-refractivity contribution in [3.05, 3.63) is 54.0 Å². The first kappa shape index (κ1) is 21.5. The van der Waals surface area contributed by atoms with Gasteiger partial charge in [-0.3, -0.25) is 0 Å². The van der Waals surface area contributed by atoms with Crippen molar-refractivity contribution < 1.29 is 18.4 Å². The molecular formula is C24H27FN5O2+. The number of nitrogens with zero attached hydrogens (tertiary/aromatic N) is 4. The Morgan fingerprint density at radius 3 is 2.28 bits per heavy atom. The van der Waals surface area contributed by atoms with Crippen LogP contribution < -0.4 is 18.9 Å². The van der Waals surface area contributed by atoms with Gasteiger partial charge < -0.3 is 14.4 Å². The molecule has 0 spiro atoms. The number of methoxy groups -OCH3 is 2. The van der Waals surface area contributed by atoms with Crippen molar-refractivity contribution in [3.8, 4) is 28.7 Å². The van der Waals surface area contributed by atoms with E-state index in [0.29, 0.717) is 23.4 Å². The molecule has 0 bridgehead atoms. The number of hydrogen-bond donors (Lipinski definition) is 1. The van der Waals surface area contributed by atoms with Gasteiger partial charge in [-0.2, -0.15) is 4.57 Å². The van der Waals surface area contributed by atoms with E-state index < -0.39 is 0 Å². The summed E-state index contributed by atoms with van der Waals surface area (Å²) in [6.07, 6.45) is 0. The average Bonchev–Trinajstić information content (AvgIpc) is 3.28. The molecule has 0 aliphatic carbocycles. The van der Waals surface area contributed by atoms with Crippen molar-refractivity contribution in [3.63, 3.8) is 0 Å². The lowest BCUT2D eigenvalue weighted by Crippen LogP contribution is -2.38. The van der Waals surface area contributed by atoms with Crippen LogP contribution in [0.2, 0.25) is 0 Å². The fourth-order valence-electron chi connectivity index (χ4n) is 3.96. The number of H-pyrrole nitrogens is 1. The van der Waals surface area contributed by atoms with E-state index in [1.54, 1.807) is 26.4 Å². The van der Waals surface area contributed by atoms with Gasteiger partial charge >= 0.3 is 11.9 Å². The minimum Gasteiger partial charge on any atom is -0.493 e. The van der Waals surface area contributed by atoms with Gasteiger partial charge in [0.1, 0.15) is 11.5 Å². The molecule has 32 heavy (non-hydrogen) atoms. The van der Waals surface area contributed by atoms with Crippen molar-refractivity contribution >= 4 is 16.7 Å². The van der Waals surface area contributed by atoms with Gasteiger partial charge in [-0.05, 0) is 73.6 Å². The van der Waals surface area contributed by atoms with E-state index in [0.717, 1.165) is 40.8 Å². The summed E-state index contributed by atoms with van der Waals surface area (Å²) in [5.74, 6) is 2.18. The van der Waals surface area contributed by atoms with Gasteiger partial charge in [0.2, 0.25) is 0 Å². The number of aromatic nitrogens is 4. The standard InChI is InChI=1S/C24H27FN5O2/c1-6-29(7-2)23-26-24(28-27-23)30-15(3)12-17-13-20(31-4)21(32-5)14-19(17)22(30)16-8-10-18(25)11-9-16/h8-14H,6-7H2,1-5H3,(H,26,27,28)/q+1. The van der Waals surface area contributed by atoms with Gasteiger partial charge in [-0.25, -0.2) is 4.39 Å². The maximum atomic E-state index is 13.7. The minimum absolute atomic E-state index is 0.292. The first-order valence-electron chi connectivity index (χ1n) is 10.6. The molecule has 166 valence electrons. The van der Waals surface area contributed by atoms with Crippen molar-refractivity contribution in [2.45, 2.75) is 20.8 Å². The van der Waals surface area contributed by atoms with Crippen LogP contribution in [0, 0.1) is 12.7 Å².